The summed E-state index contributed by atoms with van der Waals surface area (Å²) in [5.41, 5.74) is 5.66. The van der Waals surface area contributed by atoms with Crippen LogP contribution in [-0.4, -0.2) is 22.0 Å². The smallest absolute Gasteiger partial charge is 0.251 e. The minimum Gasteiger partial charge on any atom is -0.352 e. The summed E-state index contributed by atoms with van der Waals surface area (Å²) >= 11 is 0. The highest BCUT2D eigenvalue weighted by atomic mass is 16.1. The Bertz CT molecular complexity index is 1150. The van der Waals surface area contributed by atoms with E-state index in [1.807, 2.05) is 30.6 Å². The molecule has 0 atom stereocenters. The molecule has 0 unspecified atom stereocenters. The van der Waals surface area contributed by atoms with Crippen molar-refractivity contribution in [1.29, 1.82) is 0 Å². The van der Waals surface area contributed by atoms with Crippen molar-refractivity contribution in [3.8, 4) is 0 Å². The molecule has 134 valence electrons. The van der Waals surface area contributed by atoms with Crippen molar-refractivity contribution in [2.75, 3.05) is 6.54 Å². The Morgan fingerprint density at radius 3 is 2.78 bits per heavy atom. The van der Waals surface area contributed by atoms with E-state index in [1.165, 1.54) is 16.5 Å². The van der Waals surface area contributed by atoms with Gasteiger partial charge in [-0.15, -0.1) is 0 Å². The van der Waals surface area contributed by atoms with Crippen LogP contribution in [0.4, 0.5) is 0 Å². The van der Waals surface area contributed by atoms with Crippen LogP contribution >= 0.6 is 0 Å². The number of nitrogens with zero attached hydrogens (tertiary/aromatic N) is 2. The van der Waals surface area contributed by atoms with Crippen molar-refractivity contribution in [2.45, 2.75) is 25.8 Å². The van der Waals surface area contributed by atoms with E-state index in [0.29, 0.717) is 6.54 Å². The SMILES string of the molecule is O=C(NCCCn1cnc2ccccc21)c1ccc2c3c(cccc13)CC2. The van der Waals surface area contributed by atoms with Gasteiger partial charge in [0.05, 0.1) is 17.4 Å². The largest absolute Gasteiger partial charge is 0.352 e. The molecule has 0 spiro atoms. The summed E-state index contributed by atoms with van der Waals surface area (Å²) in [6, 6.07) is 18.5. The number of rotatable bonds is 5. The van der Waals surface area contributed by atoms with Crippen LogP contribution in [-0.2, 0) is 19.4 Å². The van der Waals surface area contributed by atoms with Gasteiger partial charge in [-0.1, -0.05) is 36.4 Å². The molecule has 1 aromatic heterocycles. The molecular weight excluding hydrogens is 334 g/mol. The molecular formula is C23H21N3O. The maximum Gasteiger partial charge on any atom is 0.251 e. The Kier molecular flexibility index (Phi) is 3.89. The zero-order valence-corrected chi connectivity index (χ0v) is 15.1. The van der Waals surface area contributed by atoms with E-state index in [1.54, 1.807) is 0 Å². The van der Waals surface area contributed by atoms with Gasteiger partial charge in [0, 0.05) is 18.7 Å². The summed E-state index contributed by atoms with van der Waals surface area (Å²) in [6.45, 7) is 1.49. The number of para-hydroxylation sites is 2. The molecule has 0 aliphatic heterocycles. The summed E-state index contributed by atoms with van der Waals surface area (Å²) in [5.74, 6) is 0.0149. The van der Waals surface area contributed by atoms with Crippen LogP contribution in [0.15, 0.2) is 60.9 Å². The van der Waals surface area contributed by atoms with Crippen LogP contribution in [0.25, 0.3) is 21.8 Å². The number of aryl methyl sites for hydroxylation is 3. The second-order valence-corrected chi connectivity index (χ2v) is 7.15. The molecule has 0 saturated carbocycles. The highest BCUT2D eigenvalue weighted by Gasteiger charge is 2.18. The van der Waals surface area contributed by atoms with Crippen molar-refractivity contribution in [1.82, 2.24) is 14.9 Å². The molecule has 1 aliphatic carbocycles. The van der Waals surface area contributed by atoms with Gasteiger partial charge in [0.1, 0.15) is 0 Å². The summed E-state index contributed by atoms with van der Waals surface area (Å²) in [4.78, 5) is 17.2. The fourth-order valence-corrected chi connectivity index (χ4v) is 4.18. The first-order valence-corrected chi connectivity index (χ1v) is 9.53. The molecule has 4 aromatic rings. The Hall–Kier alpha value is -3.14. The Balaban J connectivity index is 1.27. The van der Waals surface area contributed by atoms with E-state index >= 15 is 0 Å². The van der Waals surface area contributed by atoms with E-state index in [9.17, 15) is 4.79 Å². The minimum absolute atomic E-state index is 0.0149. The van der Waals surface area contributed by atoms with Crippen LogP contribution in [0, 0.1) is 0 Å². The number of nitrogens with one attached hydrogen (secondary N) is 1. The molecule has 1 aliphatic rings. The minimum atomic E-state index is 0.0149. The van der Waals surface area contributed by atoms with Gasteiger partial charge in [-0.2, -0.15) is 0 Å². The van der Waals surface area contributed by atoms with Crippen molar-refractivity contribution < 1.29 is 4.79 Å². The molecule has 0 bridgehead atoms. The van der Waals surface area contributed by atoms with Crippen molar-refractivity contribution in [3.63, 3.8) is 0 Å². The highest BCUT2D eigenvalue weighted by molar-refractivity contribution is 6.09. The number of carbonyl (C=O) groups is 1. The third-order valence-corrected chi connectivity index (χ3v) is 5.51. The third-order valence-electron chi connectivity index (χ3n) is 5.51. The fraction of sp³-hybridized carbons (Fsp3) is 0.217. The van der Waals surface area contributed by atoms with E-state index in [-0.39, 0.29) is 5.91 Å². The second-order valence-electron chi connectivity index (χ2n) is 7.15. The van der Waals surface area contributed by atoms with Crippen LogP contribution in [0.2, 0.25) is 0 Å². The first-order chi connectivity index (χ1) is 13.3. The molecule has 0 radical (unpaired) electrons. The lowest BCUT2D eigenvalue weighted by Gasteiger charge is -2.10. The molecule has 4 nitrogen and oxygen atoms in total. The van der Waals surface area contributed by atoms with Gasteiger partial charge in [0.2, 0.25) is 0 Å². The lowest BCUT2D eigenvalue weighted by atomic mass is 9.99. The van der Waals surface area contributed by atoms with Crippen LogP contribution in [0.1, 0.15) is 27.9 Å². The molecule has 3 aromatic carbocycles. The quantitative estimate of drug-likeness (QED) is 0.548. The average molecular weight is 355 g/mol. The van der Waals surface area contributed by atoms with E-state index in [0.717, 1.165) is 47.8 Å². The topological polar surface area (TPSA) is 46.9 Å². The third kappa shape index (κ3) is 2.78. The van der Waals surface area contributed by atoms with E-state index in [2.05, 4.69) is 45.2 Å². The van der Waals surface area contributed by atoms with Crippen molar-refractivity contribution in [3.05, 3.63) is 77.6 Å². The number of hydrogen-bond acceptors (Lipinski definition) is 2. The summed E-state index contributed by atoms with van der Waals surface area (Å²) < 4.78 is 2.14. The molecule has 5 rings (SSSR count). The number of imidazole rings is 1. The molecule has 0 fully saturated rings. The Morgan fingerprint density at radius 2 is 1.85 bits per heavy atom. The normalized spacial score (nSPS) is 12.7. The predicted octanol–water partition coefficient (Wildman–Crippen LogP) is 4.11. The second kappa shape index (κ2) is 6.54. The zero-order valence-electron chi connectivity index (χ0n) is 15.1. The predicted molar refractivity (Wildman–Crippen MR) is 108 cm³/mol. The van der Waals surface area contributed by atoms with Gasteiger partial charge < -0.3 is 9.88 Å². The molecule has 1 N–H and O–H groups in total. The van der Waals surface area contributed by atoms with Gasteiger partial charge in [-0.3, -0.25) is 4.79 Å². The highest BCUT2D eigenvalue weighted by Crippen LogP contribution is 2.32. The summed E-state index contributed by atoms with van der Waals surface area (Å²) in [7, 11) is 0. The van der Waals surface area contributed by atoms with Crippen LogP contribution < -0.4 is 5.32 Å². The maximum atomic E-state index is 12.7. The molecule has 1 amide bonds. The fourth-order valence-electron chi connectivity index (χ4n) is 4.18. The summed E-state index contributed by atoms with van der Waals surface area (Å²) in [5, 5.41) is 5.46. The van der Waals surface area contributed by atoms with Gasteiger partial charge >= 0.3 is 0 Å². The molecule has 4 heteroatoms. The maximum absolute atomic E-state index is 12.7. The number of hydrogen-bond donors (Lipinski definition) is 1. The van der Waals surface area contributed by atoms with Crippen LogP contribution in [0.3, 0.4) is 0 Å². The first kappa shape index (κ1) is 16.1. The average Bonchev–Trinajstić information content (AvgIpc) is 3.31. The summed E-state index contributed by atoms with van der Waals surface area (Å²) in [6.07, 6.45) is 4.90. The Labute approximate surface area is 157 Å². The number of benzene rings is 3. The number of carbonyl (C=O) groups excluding carboxylic acids is 1. The first-order valence-electron chi connectivity index (χ1n) is 9.53. The number of aromatic nitrogens is 2. The Morgan fingerprint density at radius 1 is 1.00 bits per heavy atom. The molecule has 0 saturated heterocycles. The van der Waals surface area contributed by atoms with E-state index in [4.69, 9.17) is 0 Å². The van der Waals surface area contributed by atoms with Crippen molar-refractivity contribution >= 4 is 27.7 Å². The zero-order chi connectivity index (χ0) is 18.2. The molecule has 1 heterocycles. The van der Waals surface area contributed by atoms with Gasteiger partial charge in [-0.05, 0) is 59.4 Å². The number of fused-ring (bicyclic) bond motifs is 1. The monoisotopic (exact) mass is 355 g/mol. The van der Waals surface area contributed by atoms with Gasteiger partial charge in [0.25, 0.3) is 5.91 Å². The van der Waals surface area contributed by atoms with Crippen molar-refractivity contribution in [2.24, 2.45) is 0 Å². The lowest BCUT2D eigenvalue weighted by molar-refractivity contribution is 0.0954. The lowest BCUT2D eigenvalue weighted by Crippen LogP contribution is -2.25. The van der Waals surface area contributed by atoms with Gasteiger partial charge in [0.15, 0.2) is 0 Å². The van der Waals surface area contributed by atoms with Crippen LogP contribution in [0.5, 0.6) is 0 Å². The van der Waals surface area contributed by atoms with Gasteiger partial charge in [-0.25, -0.2) is 4.98 Å². The molecule has 27 heavy (non-hydrogen) atoms. The van der Waals surface area contributed by atoms with E-state index < -0.39 is 0 Å². The number of amides is 1. The standard InChI is InChI=1S/C23H21N3O/c27-23(19-12-11-17-10-9-16-5-3-6-18(19)22(16)17)24-13-4-14-26-15-25-20-7-1-2-8-21(20)26/h1-3,5-8,11-12,15H,4,9-10,13-14H2,(H,24,27).